The fourth-order valence-corrected chi connectivity index (χ4v) is 3.83. The van der Waals surface area contributed by atoms with Gasteiger partial charge in [-0.25, -0.2) is 4.98 Å². The van der Waals surface area contributed by atoms with Gasteiger partial charge in [0.05, 0.1) is 34.2 Å². The molecule has 0 aliphatic heterocycles. The largest absolute Gasteiger partial charge is 0.252 e. The SMILES string of the molecule is C=Cc1ccc(N=C(C)c2cccc(C(C)=Nc3c(C(C)C)cc(C=C)cc3C(C)C)n2)cc1. The molecular formula is C31H35N3. The van der Waals surface area contributed by atoms with Gasteiger partial charge in [-0.3, -0.25) is 9.98 Å². The Morgan fingerprint density at radius 1 is 0.735 bits per heavy atom. The molecule has 0 N–H and O–H groups in total. The normalized spacial score (nSPS) is 12.4. The van der Waals surface area contributed by atoms with E-state index in [0.717, 1.165) is 45.3 Å². The molecule has 0 saturated carbocycles. The molecule has 0 spiro atoms. The maximum absolute atomic E-state index is 5.12. The summed E-state index contributed by atoms with van der Waals surface area (Å²) in [5, 5.41) is 0. The van der Waals surface area contributed by atoms with Crippen LogP contribution < -0.4 is 0 Å². The highest BCUT2D eigenvalue weighted by atomic mass is 14.8. The Balaban J connectivity index is 2.03. The predicted molar refractivity (Wildman–Crippen MR) is 149 cm³/mol. The standard InChI is InChI=1S/C31H35N3/c1-9-24-14-16-26(17-15-24)32-22(7)29-12-11-13-30(34-29)23(8)33-31-27(20(3)4)18-25(10-2)19-28(31)21(5)6/h9-21H,1-2H2,3-8H3. The van der Waals surface area contributed by atoms with Gasteiger partial charge in [-0.1, -0.05) is 71.2 Å². The van der Waals surface area contributed by atoms with E-state index in [1.165, 1.54) is 11.1 Å². The molecule has 174 valence electrons. The van der Waals surface area contributed by atoms with E-state index in [2.05, 4.69) is 53.0 Å². The first kappa shape index (κ1) is 25.0. The van der Waals surface area contributed by atoms with Crippen LogP contribution in [-0.2, 0) is 0 Å². The third-order valence-electron chi connectivity index (χ3n) is 5.87. The molecule has 0 aliphatic rings. The molecule has 3 rings (SSSR count). The minimum atomic E-state index is 0.352. The fourth-order valence-electron chi connectivity index (χ4n) is 3.83. The second-order valence-electron chi connectivity index (χ2n) is 9.16. The van der Waals surface area contributed by atoms with Crippen LogP contribution in [0.3, 0.4) is 0 Å². The van der Waals surface area contributed by atoms with E-state index in [1.54, 1.807) is 0 Å². The van der Waals surface area contributed by atoms with Crippen molar-refractivity contribution in [1.82, 2.24) is 4.98 Å². The number of benzene rings is 2. The van der Waals surface area contributed by atoms with Gasteiger partial charge in [0, 0.05) is 0 Å². The number of pyridine rings is 1. The van der Waals surface area contributed by atoms with Gasteiger partial charge in [0.2, 0.25) is 0 Å². The quantitative estimate of drug-likeness (QED) is 0.316. The van der Waals surface area contributed by atoms with Crippen molar-refractivity contribution in [3.8, 4) is 0 Å². The van der Waals surface area contributed by atoms with Gasteiger partial charge in [0.1, 0.15) is 0 Å². The van der Waals surface area contributed by atoms with Crippen LogP contribution in [0.4, 0.5) is 11.4 Å². The van der Waals surface area contributed by atoms with Crippen molar-refractivity contribution in [2.75, 3.05) is 0 Å². The average molecular weight is 450 g/mol. The van der Waals surface area contributed by atoms with Crippen molar-refractivity contribution in [1.29, 1.82) is 0 Å². The summed E-state index contributed by atoms with van der Waals surface area (Å²) in [4.78, 5) is 14.8. The van der Waals surface area contributed by atoms with Crippen LogP contribution >= 0.6 is 0 Å². The summed E-state index contributed by atoms with van der Waals surface area (Å²) in [6.07, 6.45) is 3.74. The lowest BCUT2D eigenvalue weighted by Crippen LogP contribution is -2.06. The highest BCUT2D eigenvalue weighted by Crippen LogP contribution is 2.37. The van der Waals surface area contributed by atoms with Gasteiger partial charge in [-0.15, -0.1) is 0 Å². The van der Waals surface area contributed by atoms with E-state index < -0.39 is 0 Å². The van der Waals surface area contributed by atoms with Crippen molar-refractivity contribution >= 4 is 35.0 Å². The molecule has 1 heterocycles. The van der Waals surface area contributed by atoms with Gasteiger partial charge in [-0.2, -0.15) is 0 Å². The second kappa shape index (κ2) is 11.0. The Hall–Kier alpha value is -3.59. The summed E-state index contributed by atoms with van der Waals surface area (Å²) >= 11 is 0. The summed E-state index contributed by atoms with van der Waals surface area (Å²) in [5.74, 6) is 0.704. The van der Waals surface area contributed by atoms with Crippen molar-refractivity contribution < 1.29 is 0 Å². The highest BCUT2D eigenvalue weighted by molar-refractivity contribution is 6.02. The van der Waals surface area contributed by atoms with Crippen LogP contribution in [0, 0.1) is 0 Å². The Bertz CT molecular complexity index is 1210. The first-order chi connectivity index (χ1) is 16.2. The lowest BCUT2D eigenvalue weighted by atomic mass is 9.90. The van der Waals surface area contributed by atoms with Gasteiger partial charge in [0.25, 0.3) is 0 Å². The maximum atomic E-state index is 5.12. The molecular weight excluding hydrogens is 414 g/mol. The number of aliphatic imine (C=N–C) groups is 2. The van der Waals surface area contributed by atoms with Crippen molar-refractivity contribution in [3.63, 3.8) is 0 Å². The van der Waals surface area contributed by atoms with Crippen LogP contribution in [0.2, 0.25) is 0 Å². The predicted octanol–water partition coefficient (Wildman–Crippen LogP) is 8.90. The fraction of sp³-hybridized carbons (Fsp3) is 0.258. The maximum Gasteiger partial charge on any atom is 0.0849 e. The molecule has 0 saturated heterocycles. The molecule has 3 nitrogen and oxygen atoms in total. The van der Waals surface area contributed by atoms with Crippen molar-refractivity contribution in [3.05, 3.63) is 101 Å². The van der Waals surface area contributed by atoms with Crippen LogP contribution in [0.5, 0.6) is 0 Å². The Morgan fingerprint density at radius 3 is 1.71 bits per heavy atom. The summed E-state index contributed by atoms with van der Waals surface area (Å²) in [6.45, 7) is 20.6. The molecule has 1 aromatic heterocycles. The smallest absolute Gasteiger partial charge is 0.0849 e. The molecule has 0 bridgehead atoms. The third kappa shape index (κ3) is 5.85. The molecule has 0 radical (unpaired) electrons. The molecule has 0 fully saturated rings. The summed E-state index contributed by atoms with van der Waals surface area (Å²) in [5.41, 5.74) is 10.1. The highest BCUT2D eigenvalue weighted by Gasteiger charge is 2.16. The minimum Gasteiger partial charge on any atom is -0.252 e. The van der Waals surface area contributed by atoms with Gasteiger partial charge >= 0.3 is 0 Å². The Kier molecular flexibility index (Phi) is 8.12. The number of hydrogen-bond donors (Lipinski definition) is 0. The Labute approximate surface area is 204 Å². The number of rotatable bonds is 8. The van der Waals surface area contributed by atoms with Crippen LogP contribution in [-0.4, -0.2) is 16.4 Å². The molecule has 0 amide bonds. The molecule has 0 atom stereocenters. The lowest BCUT2D eigenvalue weighted by molar-refractivity contribution is 0.834. The molecule has 0 aliphatic carbocycles. The number of nitrogens with zero attached hydrogens (tertiary/aromatic N) is 3. The molecule has 3 aromatic rings. The first-order valence-corrected chi connectivity index (χ1v) is 11.8. The molecule has 34 heavy (non-hydrogen) atoms. The Morgan fingerprint density at radius 2 is 1.24 bits per heavy atom. The van der Waals surface area contributed by atoms with Crippen LogP contribution in [0.25, 0.3) is 12.2 Å². The minimum absolute atomic E-state index is 0.352. The van der Waals surface area contributed by atoms with E-state index in [1.807, 2.05) is 68.5 Å². The monoisotopic (exact) mass is 449 g/mol. The van der Waals surface area contributed by atoms with E-state index in [9.17, 15) is 0 Å². The van der Waals surface area contributed by atoms with Crippen LogP contribution in [0.15, 0.2) is 77.7 Å². The second-order valence-corrected chi connectivity index (χ2v) is 9.16. The van der Waals surface area contributed by atoms with Crippen molar-refractivity contribution in [2.45, 2.75) is 53.4 Å². The van der Waals surface area contributed by atoms with Crippen LogP contribution in [0.1, 0.15) is 87.0 Å². The zero-order valence-electron chi connectivity index (χ0n) is 21.3. The van der Waals surface area contributed by atoms with E-state index in [4.69, 9.17) is 15.0 Å². The lowest BCUT2D eigenvalue weighted by Gasteiger charge is -2.19. The third-order valence-corrected chi connectivity index (χ3v) is 5.87. The summed E-state index contributed by atoms with van der Waals surface area (Å²) in [7, 11) is 0. The number of hydrogen-bond acceptors (Lipinski definition) is 3. The summed E-state index contributed by atoms with van der Waals surface area (Å²) < 4.78 is 0. The molecule has 2 aromatic carbocycles. The van der Waals surface area contributed by atoms with E-state index >= 15 is 0 Å². The molecule has 0 unspecified atom stereocenters. The number of aromatic nitrogens is 1. The van der Waals surface area contributed by atoms with E-state index in [-0.39, 0.29) is 0 Å². The average Bonchev–Trinajstić information content (AvgIpc) is 2.84. The van der Waals surface area contributed by atoms with Gasteiger partial charge in [0.15, 0.2) is 0 Å². The van der Waals surface area contributed by atoms with Gasteiger partial charge < -0.3 is 0 Å². The zero-order valence-corrected chi connectivity index (χ0v) is 21.3. The summed E-state index contributed by atoms with van der Waals surface area (Å²) in [6, 6.07) is 18.4. The first-order valence-electron chi connectivity index (χ1n) is 11.8. The topological polar surface area (TPSA) is 37.6 Å². The molecule has 3 heteroatoms. The van der Waals surface area contributed by atoms with Gasteiger partial charge in [-0.05, 0) is 84.3 Å². The zero-order chi connectivity index (χ0) is 24.8. The van der Waals surface area contributed by atoms with Crippen molar-refractivity contribution in [2.24, 2.45) is 9.98 Å². The van der Waals surface area contributed by atoms with E-state index in [0.29, 0.717) is 11.8 Å².